The van der Waals surface area contributed by atoms with Gasteiger partial charge in [0, 0.05) is 30.2 Å². The highest BCUT2D eigenvalue weighted by Crippen LogP contribution is 2.29. The van der Waals surface area contributed by atoms with Gasteiger partial charge in [-0.1, -0.05) is 11.8 Å². The van der Waals surface area contributed by atoms with Crippen LogP contribution in [0.15, 0.2) is 47.9 Å². The van der Waals surface area contributed by atoms with Crippen LogP contribution in [0.3, 0.4) is 0 Å². The van der Waals surface area contributed by atoms with Crippen molar-refractivity contribution in [2.75, 3.05) is 11.6 Å². The van der Waals surface area contributed by atoms with Gasteiger partial charge in [-0.15, -0.1) is 0 Å². The van der Waals surface area contributed by atoms with Crippen LogP contribution in [-0.4, -0.2) is 38.2 Å². The molecule has 9 nitrogen and oxygen atoms in total. The fourth-order valence-electron chi connectivity index (χ4n) is 2.25. The summed E-state index contributed by atoms with van der Waals surface area (Å²) in [5.41, 5.74) is 5.25. The van der Waals surface area contributed by atoms with E-state index in [0.717, 1.165) is 6.07 Å². The molecular formula is C18H14FN5O4S. The number of hydrogen-bond acceptors (Lipinski definition) is 8. The van der Waals surface area contributed by atoms with Gasteiger partial charge in [-0.3, -0.25) is 9.78 Å². The molecule has 0 radical (unpaired) electrons. The normalized spacial score (nSPS) is 10.4. The van der Waals surface area contributed by atoms with E-state index in [1.54, 1.807) is 6.26 Å². The van der Waals surface area contributed by atoms with Crippen molar-refractivity contribution < 1.29 is 23.8 Å². The van der Waals surface area contributed by atoms with Crippen molar-refractivity contribution in [2.24, 2.45) is 5.73 Å². The Morgan fingerprint density at radius 3 is 2.69 bits per heavy atom. The topological polar surface area (TPSA) is 140 Å². The first kappa shape index (κ1) is 20.0. The van der Waals surface area contributed by atoms with Crippen LogP contribution in [0.1, 0.15) is 20.8 Å². The summed E-state index contributed by atoms with van der Waals surface area (Å²) in [6.07, 6.45) is 4.24. The number of thioether (sulfide) groups is 1. The van der Waals surface area contributed by atoms with E-state index in [1.807, 2.05) is 0 Å². The van der Waals surface area contributed by atoms with Gasteiger partial charge < -0.3 is 20.9 Å². The van der Waals surface area contributed by atoms with Crippen LogP contribution in [0.2, 0.25) is 0 Å². The van der Waals surface area contributed by atoms with E-state index in [4.69, 9.17) is 10.5 Å². The lowest BCUT2D eigenvalue weighted by Gasteiger charge is -2.11. The zero-order valence-corrected chi connectivity index (χ0v) is 15.7. The average Bonchev–Trinajstić information content (AvgIpc) is 2.70. The summed E-state index contributed by atoms with van der Waals surface area (Å²) >= 11 is 1.24. The Labute approximate surface area is 168 Å². The van der Waals surface area contributed by atoms with E-state index >= 15 is 0 Å². The van der Waals surface area contributed by atoms with Crippen LogP contribution in [-0.2, 0) is 0 Å². The number of hydrogen-bond donors (Lipinski definition) is 3. The second-order valence-corrected chi connectivity index (χ2v) is 6.31. The Hall–Kier alpha value is -3.73. The van der Waals surface area contributed by atoms with Crippen molar-refractivity contribution in [3.63, 3.8) is 0 Å². The van der Waals surface area contributed by atoms with E-state index in [1.165, 1.54) is 48.4 Å². The van der Waals surface area contributed by atoms with E-state index in [0.29, 0.717) is 5.16 Å². The van der Waals surface area contributed by atoms with Crippen molar-refractivity contribution in [1.82, 2.24) is 15.0 Å². The molecule has 29 heavy (non-hydrogen) atoms. The fraction of sp³-hybridized carbons (Fsp3) is 0.0556. The third-order valence-electron chi connectivity index (χ3n) is 3.59. The first-order valence-electron chi connectivity index (χ1n) is 8.02. The van der Waals surface area contributed by atoms with Crippen LogP contribution in [0.5, 0.6) is 11.5 Å². The summed E-state index contributed by atoms with van der Waals surface area (Å²) in [4.78, 5) is 34.3. The molecular weight excluding hydrogens is 401 g/mol. The molecule has 0 aliphatic rings. The maximum Gasteiger partial charge on any atom is 0.341 e. The molecule has 2 aromatic heterocycles. The Bertz CT molecular complexity index is 1100. The predicted molar refractivity (Wildman–Crippen MR) is 103 cm³/mol. The monoisotopic (exact) mass is 415 g/mol. The third-order valence-corrected chi connectivity index (χ3v) is 4.15. The number of halogens is 1. The molecule has 3 rings (SSSR count). The maximum absolute atomic E-state index is 14.5. The number of aromatic carboxylic acids is 1. The number of carboxylic acids is 1. The minimum atomic E-state index is -1.22. The summed E-state index contributed by atoms with van der Waals surface area (Å²) in [5.74, 6) is -2.57. The number of carboxylic acid groups (broad SMARTS) is 1. The van der Waals surface area contributed by atoms with Gasteiger partial charge in [-0.2, -0.15) is 0 Å². The highest BCUT2D eigenvalue weighted by Gasteiger charge is 2.15. The smallest absolute Gasteiger partial charge is 0.341 e. The molecule has 1 amide bonds. The summed E-state index contributed by atoms with van der Waals surface area (Å²) in [6.45, 7) is 0. The minimum Gasteiger partial charge on any atom is -0.477 e. The van der Waals surface area contributed by atoms with Gasteiger partial charge >= 0.3 is 5.97 Å². The van der Waals surface area contributed by atoms with Crippen molar-refractivity contribution in [3.8, 4) is 11.5 Å². The molecule has 11 heteroatoms. The summed E-state index contributed by atoms with van der Waals surface area (Å²) in [5, 5.41) is 12.4. The fourth-order valence-corrected chi connectivity index (χ4v) is 2.59. The van der Waals surface area contributed by atoms with Crippen molar-refractivity contribution in [3.05, 3.63) is 59.8 Å². The van der Waals surface area contributed by atoms with Crippen LogP contribution in [0, 0.1) is 5.82 Å². The molecule has 3 aromatic rings. The SMILES string of the molecule is CSc1ncc(C(=O)O)c(Nc2ccc(Oc3ccnc(C(N)=O)c3)c(F)c2)n1. The van der Waals surface area contributed by atoms with Crippen LogP contribution < -0.4 is 15.8 Å². The third kappa shape index (κ3) is 4.76. The molecule has 0 saturated carbocycles. The summed E-state index contributed by atoms with van der Waals surface area (Å²) < 4.78 is 19.9. The maximum atomic E-state index is 14.5. The summed E-state index contributed by atoms with van der Waals surface area (Å²) in [6, 6.07) is 6.69. The van der Waals surface area contributed by atoms with Gasteiger partial charge in [0.25, 0.3) is 5.91 Å². The van der Waals surface area contributed by atoms with Crippen molar-refractivity contribution in [1.29, 1.82) is 0 Å². The van der Waals surface area contributed by atoms with E-state index in [2.05, 4.69) is 20.3 Å². The molecule has 148 valence electrons. The molecule has 0 aliphatic carbocycles. The molecule has 0 aliphatic heterocycles. The van der Waals surface area contributed by atoms with Crippen LogP contribution in [0.4, 0.5) is 15.9 Å². The second kappa shape index (κ2) is 8.52. The summed E-state index contributed by atoms with van der Waals surface area (Å²) in [7, 11) is 0. The quantitative estimate of drug-likeness (QED) is 0.392. The number of ether oxygens (including phenoxy) is 1. The van der Waals surface area contributed by atoms with Crippen molar-refractivity contribution >= 4 is 35.1 Å². The number of carbonyl (C=O) groups excluding carboxylic acids is 1. The lowest BCUT2D eigenvalue weighted by molar-refractivity contribution is 0.0696. The van der Waals surface area contributed by atoms with Gasteiger partial charge in [0.15, 0.2) is 16.7 Å². The number of benzene rings is 1. The average molecular weight is 415 g/mol. The van der Waals surface area contributed by atoms with Gasteiger partial charge in [0.2, 0.25) is 0 Å². The minimum absolute atomic E-state index is 0.0178. The molecule has 0 spiro atoms. The lowest BCUT2D eigenvalue weighted by atomic mass is 10.2. The van der Waals surface area contributed by atoms with E-state index in [9.17, 15) is 19.1 Å². The highest BCUT2D eigenvalue weighted by molar-refractivity contribution is 7.98. The molecule has 0 unspecified atom stereocenters. The zero-order valence-electron chi connectivity index (χ0n) is 14.9. The number of anilines is 2. The zero-order chi connectivity index (χ0) is 21.0. The van der Waals surface area contributed by atoms with Gasteiger partial charge in [0.1, 0.15) is 22.8 Å². The largest absolute Gasteiger partial charge is 0.477 e. The standard InChI is InChI=1S/C18H14FN5O4S/c1-29-18-22-8-11(17(26)27)16(24-18)23-9-2-3-14(12(19)6-9)28-10-4-5-21-13(7-10)15(20)25/h2-8H,1H3,(H2,20,25)(H,26,27)(H,22,23,24). The molecule has 0 atom stereocenters. The molecule has 1 aromatic carbocycles. The van der Waals surface area contributed by atoms with Gasteiger partial charge in [0.05, 0.1) is 0 Å². The number of nitrogens with two attached hydrogens (primary N) is 1. The first-order chi connectivity index (χ1) is 13.9. The molecule has 4 N–H and O–H groups in total. The number of nitrogens with zero attached hydrogens (tertiary/aromatic N) is 3. The molecule has 0 bridgehead atoms. The van der Waals surface area contributed by atoms with E-state index in [-0.39, 0.29) is 34.3 Å². The molecule has 0 saturated heterocycles. The van der Waals surface area contributed by atoms with Gasteiger partial charge in [-0.05, 0) is 24.5 Å². The number of rotatable bonds is 7. The number of nitrogens with one attached hydrogen (secondary N) is 1. The first-order valence-corrected chi connectivity index (χ1v) is 9.24. The second-order valence-electron chi connectivity index (χ2n) is 5.54. The Morgan fingerprint density at radius 2 is 2.03 bits per heavy atom. The van der Waals surface area contributed by atoms with E-state index < -0.39 is 17.7 Å². The van der Waals surface area contributed by atoms with Crippen molar-refractivity contribution in [2.45, 2.75) is 5.16 Å². The lowest BCUT2D eigenvalue weighted by Crippen LogP contribution is -2.12. The Balaban J connectivity index is 1.84. The Morgan fingerprint density at radius 1 is 1.24 bits per heavy atom. The number of pyridine rings is 1. The molecule has 2 heterocycles. The van der Waals surface area contributed by atoms with Gasteiger partial charge in [-0.25, -0.2) is 19.2 Å². The predicted octanol–water partition coefficient (Wildman–Crippen LogP) is 3.07. The number of amides is 1. The van der Waals surface area contributed by atoms with Crippen LogP contribution in [0.25, 0.3) is 0 Å². The number of primary amides is 1. The number of aromatic nitrogens is 3. The Kier molecular flexibility index (Phi) is 5.88. The number of carbonyl (C=O) groups is 2. The highest BCUT2D eigenvalue weighted by atomic mass is 32.2. The molecule has 0 fully saturated rings. The van der Waals surface area contributed by atoms with Crippen LogP contribution >= 0.6 is 11.8 Å².